The first-order valence-corrected chi connectivity index (χ1v) is 6.08. The van der Waals surface area contributed by atoms with Crippen molar-refractivity contribution in [2.45, 2.75) is 36.3 Å². The highest BCUT2D eigenvalue weighted by atomic mass is 32.2. The molecular formula is C10H12N2O2S. The summed E-state index contributed by atoms with van der Waals surface area (Å²) < 4.78 is 1.71. The third kappa shape index (κ3) is 1.37. The Kier molecular flexibility index (Phi) is 1.86. The van der Waals surface area contributed by atoms with E-state index in [4.69, 9.17) is 0 Å². The van der Waals surface area contributed by atoms with Crippen LogP contribution in [0.2, 0.25) is 0 Å². The van der Waals surface area contributed by atoms with Crippen LogP contribution < -0.4 is 11.2 Å². The molecule has 1 saturated carbocycles. The summed E-state index contributed by atoms with van der Waals surface area (Å²) >= 11 is 1.95. The van der Waals surface area contributed by atoms with Crippen LogP contribution in [0.25, 0.3) is 0 Å². The van der Waals surface area contributed by atoms with Gasteiger partial charge in [-0.3, -0.25) is 14.3 Å². The Morgan fingerprint density at radius 3 is 2.87 bits per heavy atom. The van der Waals surface area contributed by atoms with Gasteiger partial charge in [-0.15, -0.1) is 0 Å². The summed E-state index contributed by atoms with van der Waals surface area (Å²) in [7, 11) is 0. The normalized spacial score (nSPS) is 32.7. The Balaban J connectivity index is 2.08. The van der Waals surface area contributed by atoms with E-state index in [1.165, 1.54) is 6.42 Å². The van der Waals surface area contributed by atoms with Crippen molar-refractivity contribution >= 4 is 11.8 Å². The number of fused-ring (bicyclic) bond motifs is 1. The summed E-state index contributed by atoms with van der Waals surface area (Å²) in [5.41, 5.74) is 0.0849. The Morgan fingerprint density at radius 2 is 2.27 bits per heavy atom. The molecule has 0 radical (unpaired) electrons. The molecule has 1 aromatic heterocycles. The Bertz CT molecular complexity index is 519. The zero-order chi connectivity index (χ0) is 10.6. The quantitative estimate of drug-likeness (QED) is 0.713. The van der Waals surface area contributed by atoms with Gasteiger partial charge < -0.3 is 0 Å². The van der Waals surface area contributed by atoms with Gasteiger partial charge in [0.2, 0.25) is 0 Å². The summed E-state index contributed by atoms with van der Waals surface area (Å²) in [6, 6.07) is 0.294. The average Bonchev–Trinajstić information content (AvgIpc) is 2.86. The minimum absolute atomic E-state index is 0.260. The van der Waals surface area contributed by atoms with E-state index in [-0.39, 0.29) is 11.2 Å². The number of hydrogen-bond acceptors (Lipinski definition) is 3. The second-order valence-electron chi connectivity index (χ2n) is 4.26. The molecule has 0 bridgehead atoms. The van der Waals surface area contributed by atoms with Crippen LogP contribution in [-0.4, -0.2) is 20.1 Å². The van der Waals surface area contributed by atoms with Gasteiger partial charge in [0.1, 0.15) is 0 Å². The summed E-state index contributed by atoms with van der Waals surface area (Å²) in [5, 5.41) is 1.36. The van der Waals surface area contributed by atoms with Crippen LogP contribution in [0, 0.1) is 6.92 Å². The van der Waals surface area contributed by atoms with Crippen LogP contribution in [0.4, 0.5) is 0 Å². The van der Waals surface area contributed by atoms with Crippen LogP contribution in [0.3, 0.4) is 0 Å². The molecule has 2 heterocycles. The van der Waals surface area contributed by atoms with Gasteiger partial charge in [-0.2, -0.15) is 11.8 Å². The van der Waals surface area contributed by atoms with Crippen LogP contribution in [-0.2, 0) is 0 Å². The van der Waals surface area contributed by atoms with Gasteiger partial charge in [0.05, 0.1) is 6.04 Å². The molecule has 1 aliphatic carbocycles. The van der Waals surface area contributed by atoms with E-state index >= 15 is 0 Å². The summed E-state index contributed by atoms with van der Waals surface area (Å²) in [6.45, 7) is 1.74. The first kappa shape index (κ1) is 9.27. The van der Waals surface area contributed by atoms with Crippen LogP contribution in [0.15, 0.2) is 15.8 Å². The molecule has 5 heteroatoms. The van der Waals surface area contributed by atoms with Crippen LogP contribution >= 0.6 is 11.8 Å². The molecule has 2 fully saturated rings. The maximum atomic E-state index is 11.6. The highest BCUT2D eigenvalue weighted by Crippen LogP contribution is 2.57. The highest BCUT2D eigenvalue weighted by Gasteiger charge is 2.50. The lowest BCUT2D eigenvalue weighted by Crippen LogP contribution is -2.34. The van der Waals surface area contributed by atoms with Gasteiger partial charge in [0.15, 0.2) is 0 Å². The monoisotopic (exact) mass is 224 g/mol. The van der Waals surface area contributed by atoms with Gasteiger partial charge in [0, 0.05) is 22.3 Å². The Hall–Kier alpha value is -0.970. The number of rotatable bonds is 1. The van der Waals surface area contributed by atoms with Crippen LogP contribution in [0.1, 0.15) is 24.4 Å². The molecule has 3 rings (SSSR count). The maximum absolute atomic E-state index is 11.6. The van der Waals surface area contributed by atoms with Crippen molar-refractivity contribution in [1.29, 1.82) is 0 Å². The fourth-order valence-electron chi connectivity index (χ4n) is 2.36. The average molecular weight is 224 g/mol. The second-order valence-corrected chi connectivity index (χ2v) is 5.68. The summed E-state index contributed by atoms with van der Waals surface area (Å²) in [6.07, 6.45) is 3.96. The molecule has 3 atom stereocenters. The third-order valence-corrected chi connectivity index (χ3v) is 4.77. The fourth-order valence-corrected chi connectivity index (χ4v) is 3.71. The molecule has 1 aliphatic heterocycles. The number of aromatic amines is 1. The van der Waals surface area contributed by atoms with E-state index in [9.17, 15) is 9.59 Å². The molecule has 4 nitrogen and oxygen atoms in total. The zero-order valence-corrected chi connectivity index (χ0v) is 9.21. The Morgan fingerprint density at radius 1 is 1.47 bits per heavy atom. The first-order valence-electron chi connectivity index (χ1n) is 5.14. The minimum Gasteiger partial charge on any atom is -0.296 e. The number of H-pyrrole nitrogens is 1. The number of aromatic nitrogens is 2. The van der Waals surface area contributed by atoms with E-state index in [1.807, 2.05) is 11.8 Å². The van der Waals surface area contributed by atoms with Gasteiger partial charge in [-0.1, -0.05) is 0 Å². The SMILES string of the molecule is Cc1cn([C@H]2CC[C@@H]3S[C@@H]32)c(=O)[nH]c1=O. The van der Waals surface area contributed by atoms with Crippen molar-refractivity contribution in [1.82, 2.24) is 9.55 Å². The van der Waals surface area contributed by atoms with E-state index in [2.05, 4.69) is 4.98 Å². The van der Waals surface area contributed by atoms with Crippen molar-refractivity contribution < 1.29 is 0 Å². The third-order valence-electron chi connectivity index (χ3n) is 3.25. The highest BCUT2D eigenvalue weighted by molar-refractivity contribution is 8.07. The summed E-state index contributed by atoms with van der Waals surface area (Å²) in [5.74, 6) is 0. The van der Waals surface area contributed by atoms with Crippen molar-refractivity contribution in [3.63, 3.8) is 0 Å². The maximum Gasteiger partial charge on any atom is 0.328 e. The van der Waals surface area contributed by atoms with Gasteiger partial charge >= 0.3 is 5.69 Å². The summed E-state index contributed by atoms with van der Waals surface area (Å²) in [4.78, 5) is 25.2. The molecule has 1 aromatic rings. The predicted octanol–water partition coefficient (Wildman–Crippen LogP) is 0.664. The molecule has 1 N–H and O–H groups in total. The van der Waals surface area contributed by atoms with Crippen molar-refractivity contribution in [3.05, 3.63) is 32.6 Å². The smallest absolute Gasteiger partial charge is 0.296 e. The molecule has 2 aliphatic rings. The van der Waals surface area contributed by atoms with E-state index in [1.54, 1.807) is 17.7 Å². The number of nitrogens with one attached hydrogen (secondary N) is 1. The van der Waals surface area contributed by atoms with Gasteiger partial charge in [0.25, 0.3) is 5.56 Å². The van der Waals surface area contributed by atoms with E-state index in [0.717, 1.165) is 11.7 Å². The molecule has 0 unspecified atom stereocenters. The lowest BCUT2D eigenvalue weighted by atomic mass is 10.2. The molecule has 0 aromatic carbocycles. The molecule has 15 heavy (non-hydrogen) atoms. The van der Waals surface area contributed by atoms with Crippen molar-refractivity contribution in [2.75, 3.05) is 0 Å². The van der Waals surface area contributed by atoms with Gasteiger partial charge in [-0.25, -0.2) is 4.79 Å². The molecule has 80 valence electrons. The molecule has 0 amide bonds. The molecule has 1 saturated heterocycles. The topological polar surface area (TPSA) is 54.9 Å². The lowest BCUT2D eigenvalue weighted by Gasteiger charge is -2.14. The van der Waals surface area contributed by atoms with E-state index < -0.39 is 0 Å². The van der Waals surface area contributed by atoms with Gasteiger partial charge in [-0.05, 0) is 19.8 Å². The lowest BCUT2D eigenvalue weighted by molar-refractivity contribution is 0.505. The predicted molar refractivity (Wildman–Crippen MR) is 59.5 cm³/mol. The number of hydrogen-bond donors (Lipinski definition) is 1. The number of nitrogens with zero attached hydrogens (tertiary/aromatic N) is 1. The fraction of sp³-hybridized carbons (Fsp3) is 0.600. The number of aryl methyl sites for hydroxylation is 1. The second kappa shape index (κ2) is 3.01. The van der Waals surface area contributed by atoms with E-state index in [0.29, 0.717) is 16.9 Å². The Labute approximate surface area is 90.7 Å². The van der Waals surface area contributed by atoms with Crippen molar-refractivity contribution in [2.24, 2.45) is 0 Å². The zero-order valence-electron chi connectivity index (χ0n) is 8.40. The van der Waals surface area contributed by atoms with Crippen LogP contribution in [0.5, 0.6) is 0 Å². The molecular weight excluding hydrogens is 212 g/mol. The standard InChI is InChI=1S/C10H12N2O2S/c1-5-4-12(10(14)11-9(5)13)6-2-3-7-8(6)15-7/h4,6-8H,2-3H2,1H3,(H,11,13,14)/t6-,7-,8+/m0/s1. The first-order chi connectivity index (χ1) is 7.16. The minimum atomic E-state index is -0.269. The number of thioether (sulfide) groups is 1. The molecule has 0 spiro atoms. The largest absolute Gasteiger partial charge is 0.328 e. The van der Waals surface area contributed by atoms with Crippen molar-refractivity contribution in [3.8, 4) is 0 Å².